The molecule has 2 fully saturated rings. The maximum absolute atomic E-state index is 14.0. The first-order valence-corrected chi connectivity index (χ1v) is 19.0. The highest BCUT2D eigenvalue weighted by Gasteiger charge is 2.42. The summed E-state index contributed by atoms with van der Waals surface area (Å²) in [6.45, 7) is 15.4. The van der Waals surface area contributed by atoms with E-state index in [1.54, 1.807) is 29.5 Å². The number of aliphatic hydroxyl groups is 1. The molecule has 0 spiro atoms. The maximum atomic E-state index is 14.0. The fourth-order valence-electron chi connectivity index (χ4n) is 7.16. The Kier molecular flexibility index (Phi) is 13.7. The number of thiazole rings is 1. The van der Waals surface area contributed by atoms with E-state index in [0.717, 1.165) is 41.3 Å². The topological polar surface area (TPSA) is 127 Å². The van der Waals surface area contributed by atoms with Crippen molar-refractivity contribution < 1.29 is 19.5 Å². The van der Waals surface area contributed by atoms with Crippen molar-refractivity contribution in [2.45, 2.75) is 129 Å². The number of hydrogen-bond donors (Lipinski definition) is 4. The number of likely N-dealkylation sites (tertiary alicyclic amines) is 1. The number of urea groups is 1. The molecule has 2 unspecified atom stereocenters. The van der Waals surface area contributed by atoms with Crippen LogP contribution in [0.15, 0.2) is 36.5 Å². The fourth-order valence-corrected chi connectivity index (χ4v) is 8.14. The van der Waals surface area contributed by atoms with Crippen molar-refractivity contribution in [2.75, 3.05) is 20.1 Å². The van der Waals surface area contributed by atoms with Crippen LogP contribution in [0.1, 0.15) is 102 Å². The second-order valence-electron chi connectivity index (χ2n) is 16.0. The first-order chi connectivity index (χ1) is 23.1. The van der Waals surface area contributed by atoms with Crippen molar-refractivity contribution in [1.29, 1.82) is 0 Å². The Balaban J connectivity index is 1.49. The van der Waals surface area contributed by atoms with Gasteiger partial charge in [-0.15, -0.1) is 11.3 Å². The van der Waals surface area contributed by atoms with Gasteiger partial charge in [0.05, 0.1) is 29.7 Å². The van der Waals surface area contributed by atoms with E-state index in [4.69, 9.17) is 0 Å². The number of piperidine rings is 1. The van der Waals surface area contributed by atoms with Gasteiger partial charge in [-0.25, -0.2) is 9.78 Å². The average Bonchev–Trinajstić information content (AvgIpc) is 3.51. The third-order valence-corrected chi connectivity index (χ3v) is 11.1. The Morgan fingerprint density at radius 2 is 1.71 bits per heavy atom. The number of β-amino-alcohol motifs (C(OH)–C–C–N with tert-alkyl or cyclic N) is 1. The van der Waals surface area contributed by atoms with E-state index >= 15 is 0 Å². The summed E-state index contributed by atoms with van der Waals surface area (Å²) in [7, 11) is 1.71. The molecular formula is C38H60N6O4S. The van der Waals surface area contributed by atoms with Gasteiger partial charge in [0.15, 0.2) is 0 Å². The van der Waals surface area contributed by atoms with Crippen molar-refractivity contribution in [3.63, 3.8) is 0 Å². The Morgan fingerprint density at radius 3 is 2.33 bits per heavy atom. The molecule has 6 atom stereocenters. The van der Waals surface area contributed by atoms with E-state index in [1.165, 1.54) is 12.8 Å². The lowest BCUT2D eigenvalue weighted by molar-refractivity contribution is -0.133. The number of aliphatic hydroxyl groups excluding tert-OH is 1. The molecule has 10 nitrogen and oxygen atoms in total. The van der Waals surface area contributed by atoms with E-state index in [-0.39, 0.29) is 41.9 Å². The van der Waals surface area contributed by atoms with Gasteiger partial charge in [-0.2, -0.15) is 0 Å². The summed E-state index contributed by atoms with van der Waals surface area (Å²) in [5.41, 5.74) is 0.617. The lowest BCUT2D eigenvalue weighted by Crippen LogP contribution is -2.61. The molecule has 2 aromatic rings. The van der Waals surface area contributed by atoms with Crippen LogP contribution < -0.4 is 16.0 Å². The molecular weight excluding hydrogens is 637 g/mol. The largest absolute Gasteiger partial charge is 0.390 e. The van der Waals surface area contributed by atoms with Crippen molar-refractivity contribution in [3.8, 4) is 0 Å². The Morgan fingerprint density at radius 1 is 1.04 bits per heavy atom. The average molecular weight is 697 g/mol. The molecule has 4 amide bonds. The maximum Gasteiger partial charge on any atom is 0.318 e. The fraction of sp³-hybridized carbons (Fsp3) is 0.684. The molecule has 4 rings (SSSR count). The van der Waals surface area contributed by atoms with Gasteiger partial charge in [-0.05, 0) is 63.4 Å². The number of benzene rings is 1. The number of carbonyl (C=O) groups is 3. The Hall–Kier alpha value is -3.02. The van der Waals surface area contributed by atoms with Crippen LogP contribution in [0, 0.1) is 17.8 Å². The number of carbonyl (C=O) groups excluding carboxylic acids is 3. The van der Waals surface area contributed by atoms with Gasteiger partial charge in [0.25, 0.3) is 0 Å². The van der Waals surface area contributed by atoms with Gasteiger partial charge in [-0.3, -0.25) is 14.5 Å². The van der Waals surface area contributed by atoms with Crippen molar-refractivity contribution >= 4 is 29.2 Å². The number of aromatic nitrogens is 1. The van der Waals surface area contributed by atoms with Crippen LogP contribution in [0.25, 0.3) is 0 Å². The summed E-state index contributed by atoms with van der Waals surface area (Å²) < 4.78 is 0. The highest BCUT2D eigenvalue weighted by Crippen LogP contribution is 2.39. The highest BCUT2D eigenvalue weighted by atomic mass is 32.1. The normalized spacial score (nSPS) is 21.8. The smallest absolute Gasteiger partial charge is 0.318 e. The number of amides is 4. The molecule has 2 aliphatic rings. The van der Waals surface area contributed by atoms with Crippen molar-refractivity contribution in [1.82, 2.24) is 30.7 Å². The van der Waals surface area contributed by atoms with Crippen molar-refractivity contribution in [3.05, 3.63) is 52.0 Å². The number of fused-ring (bicyclic) bond motifs is 1. The van der Waals surface area contributed by atoms with Crippen LogP contribution in [0.2, 0.25) is 0 Å². The van der Waals surface area contributed by atoms with E-state index in [0.29, 0.717) is 30.7 Å². The van der Waals surface area contributed by atoms with Gasteiger partial charge >= 0.3 is 6.03 Å². The van der Waals surface area contributed by atoms with E-state index in [9.17, 15) is 19.5 Å². The van der Waals surface area contributed by atoms with E-state index in [1.807, 2.05) is 65.0 Å². The first kappa shape index (κ1) is 38.8. The standard InChI is InChI=1S/C38H60N6O4S/c1-24(2)33(41-37(48)43(8)22-29-20-39-36(49-29)25(3)4)35(47)40-30(18-26-14-10-9-11-15-26)32(45)23-44-21-28-17-13-12-16-27(28)19-31(44)34(46)42-38(5,6)7/h9-11,14-15,20,24-25,27-28,30-33,45H,12-13,16-19,21-23H2,1-8H3,(H,40,47)(H,41,48)(H,42,46)/t27?,28?,30-,31-,32-,33-/m0/s1. The molecule has 1 saturated heterocycles. The predicted molar refractivity (Wildman–Crippen MR) is 196 cm³/mol. The van der Waals surface area contributed by atoms with Crippen LogP contribution in [-0.2, 0) is 22.6 Å². The second-order valence-corrected chi connectivity index (χ2v) is 17.1. The summed E-state index contributed by atoms with van der Waals surface area (Å²) in [5.74, 6) is 0.790. The van der Waals surface area contributed by atoms with Gasteiger partial charge < -0.3 is 26.0 Å². The number of rotatable bonds is 13. The highest BCUT2D eigenvalue weighted by molar-refractivity contribution is 7.11. The van der Waals surface area contributed by atoms with Gasteiger partial charge in [0.2, 0.25) is 11.8 Å². The van der Waals surface area contributed by atoms with Gasteiger partial charge in [-0.1, -0.05) is 77.3 Å². The molecule has 49 heavy (non-hydrogen) atoms. The summed E-state index contributed by atoms with van der Waals surface area (Å²) >= 11 is 1.59. The minimum Gasteiger partial charge on any atom is -0.390 e. The summed E-state index contributed by atoms with van der Waals surface area (Å²) in [5, 5.41) is 22.2. The molecule has 11 heteroatoms. The zero-order valence-corrected chi connectivity index (χ0v) is 31.7. The van der Waals surface area contributed by atoms with Crippen LogP contribution in [0.5, 0.6) is 0 Å². The molecule has 1 aliphatic carbocycles. The van der Waals surface area contributed by atoms with Gasteiger partial charge in [0.1, 0.15) is 6.04 Å². The molecule has 0 bridgehead atoms. The minimum absolute atomic E-state index is 0.00201. The van der Waals surface area contributed by atoms with Crippen LogP contribution in [0.3, 0.4) is 0 Å². The number of nitrogens with one attached hydrogen (secondary N) is 3. The quantitative estimate of drug-likeness (QED) is 0.225. The SMILES string of the molecule is CC(C)c1ncc(CN(C)C(=O)N[C@H](C(=O)N[C@@H](Cc2ccccc2)[C@@H](O)CN2CC3CCCCC3C[C@H]2C(=O)NC(C)(C)C)C(C)C)s1. The Labute approximate surface area is 297 Å². The van der Waals surface area contributed by atoms with Crippen LogP contribution >= 0.6 is 11.3 Å². The second kappa shape index (κ2) is 17.3. The summed E-state index contributed by atoms with van der Waals surface area (Å²) in [6, 6.07) is 7.68. The molecule has 272 valence electrons. The van der Waals surface area contributed by atoms with Gasteiger partial charge in [0, 0.05) is 42.7 Å². The lowest BCUT2D eigenvalue weighted by Gasteiger charge is -2.47. The number of nitrogens with zero attached hydrogens (tertiary/aromatic N) is 3. The molecule has 2 heterocycles. The predicted octanol–water partition coefficient (Wildman–Crippen LogP) is 5.32. The third kappa shape index (κ3) is 11.2. The zero-order chi connectivity index (χ0) is 35.9. The van der Waals surface area contributed by atoms with Crippen LogP contribution in [-0.4, -0.2) is 87.6 Å². The molecule has 1 saturated carbocycles. The monoisotopic (exact) mass is 696 g/mol. The first-order valence-electron chi connectivity index (χ1n) is 18.2. The third-order valence-electron chi connectivity index (χ3n) is 9.85. The Bertz CT molecular complexity index is 1380. The molecule has 0 radical (unpaired) electrons. The minimum atomic E-state index is -0.943. The summed E-state index contributed by atoms with van der Waals surface area (Å²) in [6.07, 6.45) is 6.75. The van der Waals surface area contributed by atoms with E-state index in [2.05, 4.69) is 39.7 Å². The zero-order valence-electron chi connectivity index (χ0n) is 30.9. The molecule has 4 N–H and O–H groups in total. The lowest BCUT2D eigenvalue weighted by atomic mass is 9.72. The summed E-state index contributed by atoms with van der Waals surface area (Å²) in [4.78, 5) is 50.1. The van der Waals surface area contributed by atoms with E-state index < -0.39 is 18.2 Å². The van der Waals surface area contributed by atoms with Crippen LogP contribution in [0.4, 0.5) is 4.79 Å². The number of hydrogen-bond acceptors (Lipinski definition) is 7. The molecule has 1 aliphatic heterocycles. The molecule has 1 aromatic carbocycles. The van der Waals surface area contributed by atoms with Crippen molar-refractivity contribution in [2.24, 2.45) is 17.8 Å². The molecule has 1 aromatic heterocycles.